The van der Waals surface area contributed by atoms with Crippen LogP contribution in [0.5, 0.6) is 0 Å². The number of nitrogens with zero attached hydrogens (tertiary/aromatic N) is 4. The molecule has 4 rings (SSSR count). The van der Waals surface area contributed by atoms with Crippen molar-refractivity contribution in [3.05, 3.63) is 41.1 Å². The van der Waals surface area contributed by atoms with Gasteiger partial charge in [0.15, 0.2) is 5.78 Å². The normalized spacial score (nSPS) is 20.4. The van der Waals surface area contributed by atoms with Gasteiger partial charge in [-0.05, 0) is 47.2 Å². The number of carbonyl (C=O) groups is 1. The molecule has 1 N–H and O–H groups in total. The maximum absolute atomic E-state index is 12.5. The summed E-state index contributed by atoms with van der Waals surface area (Å²) in [7, 11) is 0. The Hall–Kier alpha value is -2.15. The van der Waals surface area contributed by atoms with Gasteiger partial charge in [-0.1, -0.05) is 17.2 Å². The number of benzene rings is 1. The Labute approximate surface area is 132 Å². The van der Waals surface area contributed by atoms with E-state index in [1.165, 1.54) is 4.90 Å². The molecule has 1 atom stereocenters. The number of rotatable bonds is 2. The summed E-state index contributed by atoms with van der Waals surface area (Å²) in [6.07, 6.45) is 4.39. The van der Waals surface area contributed by atoms with E-state index in [4.69, 9.17) is 0 Å². The number of tetrazole rings is 1. The molecule has 1 aromatic carbocycles. The lowest BCUT2D eigenvalue weighted by atomic mass is 9.85. The highest BCUT2D eigenvalue weighted by Crippen LogP contribution is 2.39. The second-order valence-corrected chi connectivity index (χ2v) is 6.30. The zero-order valence-corrected chi connectivity index (χ0v) is 12.9. The lowest BCUT2D eigenvalue weighted by Crippen LogP contribution is -2.31. The van der Waals surface area contributed by atoms with E-state index in [0.29, 0.717) is 12.4 Å². The van der Waals surface area contributed by atoms with Crippen LogP contribution in [-0.2, 0) is 4.79 Å². The van der Waals surface area contributed by atoms with Crippen molar-refractivity contribution in [2.75, 3.05) is 11.6 Å². The number of allylic oxidation sites excluding steroid dienone is 2. The predicted octanol–water partition coefficient (Wildman–Crippen LogP) is 2.42. The van der Waals surface area contributed by atoms with E-state index >= 15 is 0 Å². The lowest BCUT2D eigenvalue weighted by Gasteiger charge is -2.31. The number of ketones is 1. The summed E-state index contributed by atoms with van der Waals surface area (Å²) >= 11 is 1.70. The number of Topliss-reactive ketones (excluding diaryl/α,β-unsaturated/α-hetero) is 1. The van der Waals surface area contributed by atoms with Crippen LogP contribution in [-0.4, -0.2) is 32.2 Å². The number of anilines is 1. The Morgan fingerprint density at radius 3 is 2.86 bits per heavy atom. The molecule has 2 aliphatic rings. The molecule has 1 aliphatic heterocycles. The number of fused-ring (bicyclic) bond motifs is 1. The van der Waals surface area contributed by atoms with Crippen LogP contribution in [0.15, 0.2) is 40.4 Å². The number of hydrogen-bond acceptors (Lipinski definition) is 6. The molecule has 1 aliphatic carbocycles. The fourth-order valence-corrected chi connectivity index (χ4v) is 3.52. The fraction of sp³-hybridized carbons (Fsp3) is 0.333. The molecule has 22 heavy (non-hydrogen) atoms. The highest BCUT2D eigenvalue weighted by Gasteiger charge is 2.36. The van der Waals surface area contributed by atoms with Crippen molar-refractivity contribution in [2.24, 2.45) is 0 Å². The first-order valence-corrected chi connectivity index (χ1v) is 8.45. The van der Waals surface area contributed by atoms with E-state index in [2.05, 4.69) is 45.1 Å². The van der Waals surface area contributed by atoms with E-state index in [1.54, 1.807) is 16.4 Å². The van der Waals surface area contributed by atoms with Crippen LogP contribution >= 0.6 is 11.8 Å². The molecule has 0 bridgehead atoms. The Morgan fingerprint density at radius 2 is 2.09 bits per heavy atom. The topological polar surface area (TPSA) is 72.7 Å². The van der Waals surface area contributed by atoms with Gasteiger partial charge in [0.2, 0.25) is 5.95 Å². The molecule has 112 valence electrons. The summed E-state index contributed by atoms with van der Waals surface area (Å²) in [5.74, 6) is 0.793. The van der Waals surface area contributed by atoms with Gasteiger partial charge in [-0.25, -0.2) is 0 Å². The number of hydrogen-bond donors (Lipinski definition) is 1. The third-order valence-corrected chi connectivity index (χ3v) is 4.90. The summed E-state index contributed by atoms with van der Waals surface area (Å²) < 4.78 is 1.70. The molecule has 6 nitrogen and oxygen atoms in total. The van der Waals surface area contributed by atoms with Crippen LogP contribution in [0.2, 0.25) is 0 Å². The molecule has 0 saturated carbocycles. The van der Waals surface area contributed by atoms with Gasteiger partial charge in [0, 0.05) is 22.6 Å². The average molecular weight is 313 g/mol. The molecule has 0 radical (unpaired) electrons. The maximum atomic E-state index is 12.5. The van der Waals surface area contributed by atoms with Gasteiger partial charge in [-0.2, -0.15) is 4.68 Å². The molecule has 1 aromatic heterocycles. The first kappa shape index (κ1) is 13.5. The smallest absolute Gasteiger partial charge is 0.248 e. The highest BCUT2D eigenvalue weighted by atomic mass is 32.2. The molecule has 0 fully saturated rings. The van der Waals surface area contributed by atoms with E-state index < -0.39 is 0 Å². The van der Waals surface area contributed by atoms with Crippen LogP contribution in [0.25, 0.3) is 0 Å². The standard InChI is InChI=1S/C15H15N5OS/c1-22-10-7-5-9(6-8-10)14-13-11(3-2-4-12(13)21)16-15-17-18-19-20(14)15/h5-8,14H,2-4H2,1H3,(H,16,17,19)/t14-/m1/s1. The Bertz CT molecular complexity index is 764. The van der Waals surface area contributed by atoms with Crippen molar-refractivity contribution in [3.8, 4) is 0 Å². The molecule has 0 saturated heterocycles. The summed E-state index contributed by atoms with van der Waals surface area (Å²) in [5.41, 5.74) is 2.82. The quantitative estimate of drug-likeness (QED) is 0.858. The van der Waals surface area contributed by atoms with Crippen molar-refractivity contribution in [1.29, 1.82) is 0 Å². The van der Waals surface area contributed by atoms with Crippen molar-refractivity contribution < 1.29 is 4.79 Å². The van der Waals surface area contributed by atoms with Gasteiger partial charge in [-0.3, -0.25) is 4.79 Å². The second kappa shape index (κ2) is 5.24. The SMILES string of the molecule is CSc1ccc([C@@H]2C3=C(CCCC3=O)Nc3nnnn32)cc1. The zero-order chi connectivity index (χ0) is 15.1. The molecular weight excluding hydrogens is 298 g/mol. The van der Waals surface area contributed by atoms with Crippen molar-refractivity contribution in [2.45, 2.75) is 30.2 Å². The van der Waals surface area contributed by atoms with Crippen molar-refractivity contribution in [1.82, 2.24) is 20.2 Å². The van der Waals surface area contributed by atoms with Gasteiger partial charge >= 0.3 is 0 Å². The van der Waals surface area contributed by atoms with Gasteiger partial charge in [0.05, 0.1) is 0 Å². The highest BCUT2D eigenvalue weighted by molar-refractivity contribution is 7.98. The van der Waals surface area contributed by atoms with Crippen molar-refractivity contribution >= 4 is 23.5 Å². The Kier molecular flexibility index (Phi) is 3.22. The minimum Gasteiger partial charge on any atom is -0.326 e. The van der Waals surface area contributed by atoms with E-state index in [1.807, 2.05) is 6.26 Å². The van der Waals surface area contributed by atoms with Crippen LogP contribution in [0, 0.1) is 0 Å². The number of aromatic nitrogens is 4. The van der Waals surface area contributed by atoms with Crippen LogP contribution in [0.3, 0.4) is 0 Å². The summed E-state index contributed by atoms with van der Waals surface area (Å²) in [4.78, 5) is 13.7. The molecule has 0 unspecified atom stereocenters. The van der Waals surface area contributed by atoms with Crippen molar-refractivity contribution in [3.63, 3.8) is 0 Å². The summed E-state index contributed by atoms with van der Waals surface area (Å²) in [6, 6.07) is 8.02. The van der Waals surface area contributed by atoms with Crippen LogP contribution in [0.1, 0.15) is 30.9 Å². The van der Waals surface area contributed by atoms with Gasteiger partial charge < -0.3 is 5.32 Å². The van der Waals surface area contributed by atoms with E-state index in [0.717, 1.165) is 29.7 Å². The molecule has 0 spiro atoms. The maximum Gasteiger partial charge on any atom is 0.248 e. The largest absolute Gasteiger partial charge is 0.326 e. The second-order valence-electron chi connectivity index (χ2n) is 5.42. The van der Waals surface area contributed by atoms with E-state index in [-0.39, 0.29) is 11.8 Å². The third kappa shape index (κ3) is 2.04. The first-order valence-electron chi connectivity index (χ1n) is 7.23. The average Bonchev–Trinajstić information content (AvgIpc) is 3.01. The van der Waals surface area contributed by atoms with Crippen LogP contribution < -0.4 is 5.32 Å². The molecule has 2 aromatic rings. The predicted molar refractivity (Wildman–Crippen MR) is 83.7 cm³/mol. The van der Waals surface area contributed by atoms with Crippen LogP contribution in [0.4, 0.5) is 5.95 Å². The summed E-state index contributed by atoms with van der Waals surface area (Å²) in [6.45, 7) is 0. The molecule has 2 heterocycles. The number of thioether (sulfide) groups is 1. The number of nitrogens with one attached hydrogen (secondary N) is 1. The lowest BCUT2D eigenvalue weighted by molar-refractivity contribution is -0.116. The Morgan fingerprint density at radius 1 is 1.27 bits per heavy atom. The minimum atomic E-state index is -0.232. The molecule has 0 amide bonds. The third-order valence-electron chi connectivity index (χ3n) is 4.16. The zero-order valence-electron chi connectivity index (χ0n) is 12.1. The number of carbonyl (C=O) groups excluding carboxylic acids is 1. The summed E-state index contributed by atoms with van der Waals surface area (Å²) in [5, 5.41) is 15.1. The first-order chi connectivity index (χ1) is 10.8. The molecule has 7 heteroatoms. The Balaban J connectivity index is 1.86. The molecular formula is C15H15N5OS. The van der Waals surface area contributed by atoms with Gasteiger partial charge in [0.1, 0.15) is 6.04 Å². The van der Waals surface area contributed by atoms with E-state index in [9.17, 15) is 4.79 Å². The van der Waals surface area contributed by atoms with Gasteiger partial charge in [-0.15, -0.1) is 11.8 Å². The fourth-order valence-electron chi connectivity index (χ4n) is 3.11. The monoisotopic (exact) mass is 313 g/mol. The van der Waals surface area contributed by atoms with Gasteiger partial charge in [0.25, 0.3) is 0 Å². The minimum absolute atomic E-state index is 0.189.